The van der Waals surface area contributed by atoms with Gasteiger partial charge < -0.3 is 20.9 Å². The fourth-order valence-electron chi connectivity index (χ4n) is 8.32. The molecule has 0 spiro atoms. The molecular weight excluding hydrogens is 611 g/mol. The number of amides is 4. The van der Waals surface area contributed by atoms with Crippen LogP contribution in [0.4, 0.5) is 10.1 Å². The zero-order chi connectivity index (χ0) is 34.4. The van der Waals surface area contributed by atoms with Crippen molar-refractivity contribution in [3.05, 3.63) is 47.5 Å². The highest BCUT2D eigenvalue weighted by Gasteiger charge is 2.42. The topological polar surface area (TPSA) is 125 Å². The molecule has 1 saturated heterocycles. The molecule has 1 aromatic heterocycles. The third kappa shape index (κ3) is 8.44. The fourth-order valence-corrected chi connectivity index (χ4v) is 8.32. The van der Waals surface area contributed by atoms with Crippen LogP contribution in [0.15, 0.2) is 30.5 Å². The molecule has 5 rings (SSSR count). The highest BCUT2D eigenvalue weighted by atomic mass is 19.1. The van der Waals surface area contributed by atoms with Gasteiger partial charge in [-0.15, -0.1) is 0 Å². The largest absolute Gasteiger partial charge is 0.352 e. The monoisotopic (exact) mass is 664 g/mol. The van der Waals surface area contributed by atoms with E-state index in [0.29, 0.717) is 42.6 Å². The molecule has 2 heterocycles. The fraction of sp³-hybridized carbons (Fsp3) is 0.649. The Morgan fingerprint density at radius 3 is 2.12 bits per heavy atom. The van der Waals surface area contributed by atoms with Gasteiger partial charge in [0.15, 0.2) is 0 Å². The molecule has 1 aliphatic heterocycles. The van der Waals surface area contributed by atoms with Crippen LogP contribution in [0.2, 0.25) is 0 Å². The highest BCUT2D eigenvalue weighted by Crippen LogP contribution is 2.42. The smallest absolute Gasteiger partial charge is 0.270 e. The number of hydrogen-bond donors (Lipinski definition) is 3. The van der Waals surface area contributed by atoms with Crippen LogP contribution in [-0.4, -0.2) is 63.5 Å². The van der Waals surface area contributed by atoms with Crippen molar-refractivity contribution >= 4 is 29.3 Å². The highest BCUT2D eigenvalue weighted by molar-refractivity contribution is 6.01. The van der Waals surface area contributed by atoms with E-state index < -0.39 is 23.7 Å². The number of rotatable bonds is 11. The number of benzene rings is 1. The van der Waals surface area contributed by atoms with Crippen LogP contribution in [0.3, 0.4) is 0 Å². The lowest BCUT2D eigenvalue weighted by Crippen LogP contribution is -2.53. The minimum atomic E-state index is -0.842. The lowest BCUT2D eigenvalue weighted by atomic mass is 9.66. The molecule has 2 aliphatic carbocycles. The van der Waals surface area contributed by atoms with E-state index in [1.54, 1.807) is 34.8 Å². The molecule has 10 nitrogen and oxygen atoms in total. The Morgan fingerprint density at radius 2 is 1.54 bits per heavy atom. The van der Waals surface area contributed by atoms with E-state index in [2.05, 4.69) is 21.0 Å². The average Bonchev–Trinajstić information content (AvgIpc) is 3.76. The summed E-state index contributed by atoms with van der Waals surface area (Å²) in [6.07, 6.45) is 13.1. The number of carbonyl (C=O) groups excluding carboxylic acids is 4. The maximum Gasteiger partial charge on any atom is 0.270 e. The quantitative estimate of drug-likeness (QED) is 0.274. The summed E-state index contributed by atoms with van der Waals surface area (Å²) >= 11 is 0. The van der Waals surface area contributed by atoms with E-state index in [4.69, 9.17) is 0 Å². The summed E-state index contributed by atoms with van der Waals surface area (Å²) in [5.41, 5.74) is 0.921. The zero-order valence-corrected chi connectivity index (χ0v) is 29.0. The first-order valence-electron chi connectivity index (χ1n) is 18.0. The van der Waals surface area contributed by atoms with E-state index in [9.17, 15) is 19.2 Å². The third-order valence-corrected chi connectivity index (χ3v) is 10.8. The molecular formula is C37H53FN6O4. The van der Waals surface area contributed by atoms with Crippen LogP contribution in [0.1, 0.15) is 126 Å². The SMILES string of the molecule is CC(=O)NC1CCN(C(=O)[C@@H](C)c2ccc(NC(=O)[C@@H](NC(=O)c3ccnn3C(C)C)C(C3CCCCC3)C3CCCCC3)c(F)c2)C1. The lowest BCUT2D eigenvalue weighted by Gasteiger charge is -2.42. The standard InChI is InChI=1S/C37H53FN6O4/c1-23(2)44-32(17-19-39-44)35(46)42-34(33(26-11-7-5-8-12-26)27-13-9-6-10-14-27)36(47)41-31-16-15-28(21-30(31)38)24(3)37(48)43-20-18-29(22-43)40-25(4)45/h15-17,19,21,23-24,26-27,29,33-34H,5-14,18,20,22H2,1-4H3,(H,40,45)(H,41,47)(H,42,46)/t24-,29?,34-/m0/s1. The summed E-state index contributed by atoms with van der Waals surface area (Å²) in [4.78, 5) is 54.5. The molecule has 3 aliphatic rings. The van der Waals surface area contributed by atoms with Gasteiger partial charge in [-0.3, -0.25) is 23.9 Å². The van der Waals surface area contributed by atoms with Crippen molar-refractivity contribution in [1.29, 1.82) is 0 Å². The predicted octanol–water partition coefficient (Wildman–Crippen LogP) is 5.96. The number of nitrogens with one attached hydrogen (secondary N) is 3. The van der Waals surface area contributed by atoms with E-state index in [1.165, 1.54) is 31.9 Å². The number of aromatic nitrogens is 2. The maximum absolute atomic E-state index is 15.7. The van der Waals surface area contributed by atoms with Gasteiger partial charge in [0.05, 0.1) is 11.6 Å². The van der Waals surface area contributed by atoms with Gasteiger partial charge in [0, 0.05) is 38.3 Å². The van der Waals surface area contributed by atoms with Gasteiger partial charge in [-0.25, -0.2) is 4.39 Å². The Kier molecular flexibility index (Phi) is 11.9. The molecule has 0 bridgehead atoms. The first-order valence-corrected chi connectivity index (χ1v) is 18.0. The van der Waals surface area contributed by atoms with Crippen LogP contribution in [0.5, 0.6) is 0 Å². The summed E-state index contributed by atoms with van der Waals surface area (Å²) in [5, 5.41) is 13.2. The van der Waals surface area contributed by atoms with Gasteiger partial charge in [-0.2, -0.15) is 5.10 Å². The molecule has 11 heteroatoms. The molecule has 2 saturated carbocycles. The van der Waals surface area contributed by atoms with Crippen molar-refractivity contribution < 1.29 is 23.6 Å². The second kappa shape index (κ2) is 16.1. The van der Waals surface area contributed by atoms with Crippen molar-refractivity contribution in [2.45, 2.75) is 122 Å². The van der Waals surface area contributed by atoms with Crippen molar-refractivity contribution in [2.75, 3.05) is 18.4 Å². The van der Waals surface area contributed by atoms with Crippen LogP contribution in [0, 0.1) is 23.6 Å². The van der Waals surface area contributed by atoms with Gasteiger partial charge >= 0.3 is 0 Å². The predicted molar refractivity (Wildman–Crippen MR) is 183 cm³/mol. The Hall–Kier alpha value is -3.76. The zero-order valence-electron chi connectivity index (χ0n) is 29.0. The third-order valence-electron chi connectivity index (χ3n) is 10.8. The van der Waals surface area contributed by atoms with Gasteiger partial charge in [0.25, 0.3) is 5.91 Å². The van der Waals surface area contributed by atoms with Crippen molar-refractivity contribution in [2.24, 2.45) is 17.8 Å². The van der Waals surface area contributed by atoms with Gasteiger partial charge in [-0.05, 0) is 68.7 Å². The summed E-state index contributed by atoms with van der Waals surface area (Å²) < 4.78 is 17.4. The summed E-state index contributed by atoms with van der Waals surface area (Å²) in [6, 6.07) is 5.21. The number of carbonyl (C=O) groups is 4. The Bertz CT molecular complexity index is 1430. The minimum Gasteiger partial charge on any atom is -0.352 e. The molecule has 3 fully saturated rings. The normalized spacial score (nSPS) is 20.5. The lowest BCUT2D eigenvalue weighted by molar-refractivity contribution is -0.131. The molecule has 3 atom stereocenters. The summed E-state index contributed by atoms with van der Waals surface area (Å²) in [7, 11) is 0. The Labute approximate surface area is 284 Å². The maximum atomic E-state index is 15.7. The number of halogens is 1. The minimum absolute atomic E-state index is 0.0211. The summed E-state index contributed by atoms with van der Waals surface area (Å²) in [6.45, 7) is 8.06. The molecule has 0 radical (unpaired) electrons. The van der Waals surface area contributed by atoms with Gasteiger partial charge in [0.2, 0.25) is 17.7 Å². The summed E-state index contributed by atoms with van der Waals surface area (Å²) in [5.74, 6) is -1.74. The van der Waals surface area contributed by atoms with Crippen LogP contribution in [0.25, 0.3) is 0 Å². The van der Waals surface area contributed by atoms with Crippen LogP contribution in [-0.2, 0) is 14.4 Å². The number of hydrogen-bond acceptors (Lipinski definition) is 5. The van der Waals surface area contributed by atoms with Crippen LogP contribution < -0.4 is 16.0 Å². The molecule has 1 unspecified atom stereocenters. The first kappa shape index (κ1) is 35.5. The number of anilines is 1. The van der Waals surface area contributed by atoms with Gasteiger partial charge in [-0.1, -0.05) is 70.3 Å². The molecule has 3 N–H and O–H groups in total. The van der Waals surface area contributed by atoms with E-state index in [0.717, 1.165) is 51.4 Å². The van der Waals surface area contributed by atoms with Gasteiger partial charge in [0.1, 0.15) is 17.6 Å². The van der Waals surface area contributed by atoms with Crippen molar-refractivity contribution in [1.82, 2.24) is 25.3 Å². The van der Waals surface area contributed by atoms with Crippen molar-refractivity contribution in [3.8, 4) is 0 Å². The molecule has 4 amide bonds. The van der Waals surface area contributed by atoms with E-state index >= 15 is 4.39 Å². The second-order valence-corrected chi connectivity index (χ2v) is 14.5. The van der Waals surface area contributed by atoms with E-state index in [1.807, 2.05) is 13.8 Å². The number of nitrogens with zero attached hydrogens (tertiary/aromatic N) is 3. The molecule has 262 valence electrons. The van der Waals surface area contributed by atoms with Crippen LogP contribution >= 0.6 is 0 Å². The second-order valence-electron chi connectivity index (χ2n) is 14.5. The average molecular weight is 665 g/mol. The Balaban J connectivity index is 1.37. The Morgan fingerprint density at radius 1 is 0.896 bits per heavy atom. The number of likely N-dealkylation sites (tertiary alicyclic amines) is 1. The molecule has 2 aromatic rings. The molecule has 48 heavy (non-hydrogen) atoms. The molecule has 1 aromatic carbocycles. The first-order chi connectivity index (χ1) is 23.0. The van der Waals surface area contributed by atoms with Crippen molar-refractivity contribution in [3.63, 3.8) is 0 Å². The van der Waals surface area contributed by atoms with E-state index in [-0.39, 0.29) is 41.4 Å².